The van der Waals surface area contributed by atoms with Crippen LogP contribution in [0.3, 0.4) is 0 Å². The quantitative estimate of drug-likeness (QED) is 0.552. The number of nitrogens with zero attached hydrogens (tertiary/aromatic N) is 2. The summed E-state index contributed by atoms with van der Waals surface area (Å²) in [6, 6.07) is 7.49. The van der Waals surface area contributed by atoms with Crippen LogP contribution in [0.1, 0.15) is 6.92 Å². The summed E-state index contributed by atoms with van der Waals surface area (Å²) >= 11 is 11.0. The van der Waals surface area contributed by atoms with Crippen molar-refractivity contribution in [3.8, 4) is 5.75 Å². The number of rotatable bonds is 7. The average Bonchev–Trinajstić information content (AvgIpc) is 2.85. The maximum Gasteiger partial charge on any atom is 0.175 e. The molecule has 7 heteroatoms. The van der Waals surface area contributed by atoms with Gasteiger partial charge < -0.3 is 4.74 Å². The summed E-state index contributed by atoms with van der Waals surface area (Å²) in [7, 11) is 0. The lowest BCUT2D eigenvalue weighted by atomic mass is 10.3. The van der Waals surface area contributed by atoms with Gasteiger partial charge in [-0.05, 0) is 17.9 Å². The number of ether oxygens (including phenoxy) is 1. The molecule has 0 aliphatic carbocycles. The molecule has 2 rings (SSSR count). The first kappa shape index (κ1) is 15.0. The van der Waals surface area contributed by atoms with Crippen LogP contribution in [0, 0.1) is 0 Å². The van der Waals surface area contributed by atoms with Crippen LogP contribution >= 0.6 is 46.5 Å². The number of hydrogen-bond donors (Lipinski definition) is 0. The predicted octanol–water partition coefficient (Wildman–Crippen LogP) is 4.47. The Morgan fingerprint density at radius 3 is 2.68 bits per heavy atom. The zero-order valence-corrected chi connectivity index (χ0v) is 13.5. The lowest BCUT2D eigenvalue weighted by Gasteiger charge is -2.06. The number of benzene rings is 1. The third kappa shape index (κ3) is 4.87. The molecule has 19 heavy (non-hydrogen) atoms. The van der Waals surface area contributed by atoms with E-state index in [4.69, 9.17) is 16.3 Å². The van der Waals surface area contributed by atoms with E-state index in [1.54, 1.807) is 34.9 Å². The molecule has 0 aliphatic rings. The first-order chi connectivity index (χ1) is 9.29. The predicted molar refractivity (Wildman–Crippen MR) is 84.0 cm³/mol. The first-order valence-electron chi connectivity index (χ1n) is 5.76. The summed E-state index contributed by atoms with van der Waals surface area (Å²) in [6.45, 7) is 2.71. The van der Waals surface area contributed by atoms with Crippen LogP contribution in [-0.4, -0.2) is 28.3 Å². The molecule has 1 heterocycles. The summed E-state index contributed by atoms with van der Waals surface area (Å²) in [5.41, 5.74) is 0. The molecule has 0 aliphatic heterocycles. The van der Waals surface area contributed by atoms with Gasteiger partial charge in [0.15, 0.2) is 8.68 Å². The van der Waals surface area contributed by atoms with E-state index in [0.717, 1.165) is 25.9 Å². The van der Waals surface area contributed by atoms with Crippen LogP contribution in [0.2, 0.25) is 5.02 Å². The summed E-state index contributed by atoms with van der Waals surface area (Å²) in [4.78, 5) is 0. The lowest BCUT2D eigenvalue weighted by Crippen LogP contribution is -2.00. The third-order valence-corrected chi connectivity index (χ3v) is 5.41. The fourth-order valence-corrected chi connectivity index (χ4v) is 4.27. The van der Waals surface area contributed by atoms with Gasteiger partial charge in [-0.3, -0.25) is 0 Å². The van der Waals surface area contributed by atoms with Crippen LogP contribution in [0.25, 0.3) is 0 Å². The van der Waals surface area contributed by atoms with Crippen molar-refractivity contribution >= 4 is 46.5 Å². The maximum atomic E-state index is 6.00. The van der Waals surface area contributed by atoms with Crippen LogP contribution in [0.15, 0.2) is 32.9 Å². The number of aromatic nitrogens is 2. The standard InChI is InChI=1S/C12H13ClN2OS3/c1-2-17-11-14-15-12(19-11)18-8-7-16-10-6-4-3-5-9(10)13/h3-6H,2,7-8H2,1H3. The fraction of sp³-hybridized carbons (Fsp3) is 0.333. The minimum absolute atomic E-state index is 0.601. The molecule has 102 valence electrons. The Bertz CT molecular complexity index is 521. The highest BCUT2D eigenvalue weighted by Crippen LogP contribution is 2.29. The molecule has 2 aromatic rings. The monoisotopic (exact) mass is 332 g/mol. The summed E-state index contributed by atoms with van der Waals surface area (Å²) < 4.78 is 7.62. The minimum atomic E-state index is 0.601. The van der Waals surface area contributed by atoms with Gasteiger partial charge in [0.05, 0.1) is 11.6 Å². The van der Waals surface area contributed by atoms with E-state index in [0.29, 0.717) is 11.6 Å². The van der Waals surface area contributed by atoms with E-state index in [1.165, 1.54) is 0 Å². The van der Waals surface area contributed by atoms with Crippen LogP contribution in [-0.2, 0) is 0 Å². The highest BCUT2D eigenvalue weighted by molar-refractivity contribution is 8.03. The third-order valence-electron chi connectivity index (χ3n) is 2.06. The molecule has 0 fully saturated rings. The second-order valence-corrected chi connectivity index (χ2v) is 7.63. The number of halogens is 1. The summed E-state index contributed by atoms with van der Waals surface area (Å²) in [5, 5.41) is 8.88. The molecule has 0 saturated heterocycles. The van der Waals surface area contributed by atoms with Crippen molar-refractivity contribution in [3.05, 3.63) is 29.3 Å². The van der Waals surface area contributed by atoms with Crippen molar-refractivity contribution in [2.24, 2.45) is 0 Å². The Morgan fingerprint density at radius 2 is 1.95 bits per heavy atom. The van der Waals surface area contributed by atoms with Gasteiger partial charge in [0, 0.05) is 5.75 Å². The molecule has 1 aromatic heterocycles. The smallest absolute Gasteiger partial charge is 0.175 e. The zero-order chi connectivity index (χ0) is 13.5. The van der Waals surface area contributed by atoms with Gasteiger partial charge in [-0.25, -0.2) is 0 Å². The minimum Gasteiger partial charge on any atom is -0.491 e. The van der Waals surface area contributed by atoms with Crippen molar-refractivity contribution in [1.29, 1.82) is 0 Å². The Labute approximate surface area is 130 Å². The zero-order valence-electron chi connectivity index (χ0n) is 10.3. The van der Waals surface area contributed by atoms with Gasteiger partial charge in [-0.1, -0.05) is 65.5 Å². The number of thioether (sulfide) groups is 2. The second-order valence-electron chi connectivity index (χ2n) is 3.39. The Balaban J connectivity index is 1.73. The van der Waals surface area contributed by atoms with E-state index in [9.17, 15) is 0 Å². The largest absolute Gasteiger partial charge is 0.491 e. The van der Waals surface area contributed by atoms with E-state index in [2.05, 4.69) is 17.1 Å². The molecule has 0 spiro atoms. The van der Waals surface area contributed by atoms with Gasteiger partial charge in [0.25, 0.3) is 0 Å². The molecular weight excluding hydrogens is 320 g/mol. The summed E-state index contributed by atoms with van der Waals surface area (Å²) in [6.07, 6.45) is 0. The Morgan fingerprint density at radius 1 is 1.21 bits per heavy atom. The molecule has 0 atom stereocenters. The van der Waals surface area contributed by atoms with Gasteiger partial charge in [-0.15, -0.1) is 10.2 Å². The molecule has 0 bridgehead atoms. The van der Waals surface area contributed by atoms with E-state index in [-0.39, 0.29) is 0 Å². The SMILES string of the molecule is CCSc1nnc(SCCOc2ccccc2Cl)s1. The highest BCUT2D eigenvalue weighted by Gasteiger charge is 2.05. The molecule has 0 radical (unpaired) electrons. The number of hydrogen-bond acceptors (Lipinski definition) is 6. The van der Waals surface area contributed by atoms with Crippen LogP contribution in [0.4, 0.5) is 0 Å². The van der Waals surface area contributed by atoms with E-state index < -0.39 is 0 Å². The van der Waals surface area contributed by atoms with Crippen molar-refractivity contribution in [1.82, 2.24) is 10.2 Å². The van der Waals surface area contributed by atoms with Gasteiger partial charge in [0.1, 0.15) is 5.75 Å². The van der Waals surface area contributed by atoms with Crippen molar-refractivity contribution in [3.63, 3.8) is 0 Å². The number of para-hydroxylation sites is 1. The van der Waals surface area contributed by atoms with Crippen molar-refractivity contribution in [2.45, 2.75) is 15.6 Å². The fourth-order valence-electron chi connectivity index (χ4n) is 1.28. The molecule has 0 N–H and O–H groups in total. The average molecular weight is 333 g/mol. The first-order valence-corrected chi connectivity index (χ1v) is 8.92. The summed E-state index contributed by atoms with van der Waals surface area (Å²) in [5.74, 6) is 2.58. The topological polar surface area (TPSA) is 35.0 Å². The molecule has 1 aromatic carbocycles. The second kappa shape index (κ2) is 7.99. The molecule has 3 nitrogen and oxygen atoms in total. The highest BCUT2D eigenvalue weighted by atomic mass is 35.5. The van der Waals surface area contributed by atoms with E-state index in [1.807, 2.05) is 24.3 Å². The Kier molecular flexibility index (Phi) is 6.30. The maximum absolute atomic E-state index is 6.00. The molecule has 0 saturated carbocycles. The van der Waals surface area contributed by atoms with Gasteiger partial charge in [0.2, 0.25) is 0 Å². The van der Waals surface area contributed by atoms with Gasteiger partial charge in [-0.2, -0.15) is 0 Å². The molecular formula is C12H13ClN2OS3. The lowest BCUT2D eigenvalue weighted by molar-refractivity contribution is 0.344. The van der Waals surface area contributed by atoms with Crippen LogP contribution in [0.5, 0.6) is 5.75 Å². The van der Waals surface area contributed by atoms with Gasteiger partial charge >= 0.3 is 0 Å². The van der Waals surface area contributed by atoms with E-state index >= 15 is 0 Å². The Hall–Kier alpha value is -0.430. The molecule has 0 unspecified atom stereocenters. The van der Waals surface area contributed by atoms with Crippen LogP contribution < -0.4 is 4.74 Å². The normalized spacial score (nSPS) is 10.6. The van der Waals surface area contributed by atoms with Crippen molar-refractivity contribution in [2.75, 3.05) is 18.1 Å². The van der Waals surface area contributed by atoms with Crippen molar-refractivity contribution < 1.29 is 4.74 Å². The molecule has 0 amide bonds.